The third-order valence-corrected chi connectivity index (χ3v) is 8.66. The molecule has 0 spiro atoms. The summed E-state index contributed by atoms with van der Waals surface area (Å²) >= 11 is 3.27. The van der Waals surface area contributed by atoms with Gasteiger partial charge < -0.3 is 14.5 Å². The Labute approximate surface area is 208 Å². The standard InChI is InChI=1S/C26H29N3O3S2/c1-18-16-27(12-13-29(18)26(31)23-4-3-14-33-23)24(30)17-28-11-9-22-21(10-15-34-22)25(28)19-5-7-20(32-2)8-6-19/h3-8,10,14-15,18,25H,9,11-13,16-17H2,1-2H3. The highest BCUT2D eigenvalue weighted by Crippen LogP contribution is 2.38. The molecule has 3 aromatic rings. The van der Waals surface area contributed by atoms with Gasteiger partial charge in [0.2, 0.25) is 5.91 Å². The maximum absolute atomic E-state index is 13.4. The molecule has 0 aliphatic carbocycles. The molecular formula is C26H29N3O3S2. The molecule has 6 nitrogen and oxygen atoms in total. The van der Waals surface area contributed by atoms with Gasteiger partial charge in [0.15, 0.2) is 0 Å². The molecule has 2 aliphatic heterocycles. The molecule has 1 saturated heterocycles. The fourth-order valence-electron chi connectivity index (χ4n) is 5.02. The van der Waals surface area contributed by atoms with Crippen LogP contribution in [0.5, 0.6) is 5.75 Å². The van der Waals surface area contributed by atoms with Crippen molar-refractivity contribution in [2.24, 2.45) is 0 Å². The number of methoxy groups -OCH3 is 1. The van der Waals surface area contributed by atoms with Gasteiger partial charge in [-0.15, -0.1) is 22.7 Å². The molecule has 2 aromatic heterocycles. The molecule has 0 radical (unpaired) electrons. The number of fused-ring (bicyclic) bond motifs is 1. The van der Waals surface area contributed by atoms with E-state index in [-0.39, 0.29) is 23.9 Å². The van der Waals surface area contributed by atoms with Crippen LogP contribution in [0.15, 0.2) is 53.2 Å². The summed E-state index contributed by atoms with van der Waals surface area (Å²) < 4.78 is 5.34. The van der Waals surface area contributed by atoms with Crippen molar-refractivity contribution in [2.45, 2.75) is 25.4 Å². The van der Waals surface area contributed by atoms with Gasteiger partial charge in [0.05, 0.1) is 24.6 Å². The Bertz CT molecular complexity index is 1140. The molecule has 2 amide bonds. The topological polar surface area (TPSA) is 53.1 Å². The van der Waals surface area contributed by atoms with Crippen LogP contribution < -0.4 is 4.74 Å². The minimum atomic E-state index is -0.00508. The largest absolute Gasteiger partial charge is 0.497 e. The van der Waals surface area contributed by atoms with Crippen molar-refractivity contribution in [1.29, 1.82) is 0 Å². The smallest absolute Gasteiger partial charge is 0.264 e. The number of rotatable bonds is 5. The van der Waals surface area contributed by atoms with E-state index in [1.165, 1.54) is 27.3 Å². The Morgan fingerprint density at radius 3 is 2.56 bits per heavy atom. The molecule has 178 valence electrons. The van der Waals surface area contributed by atoms with E-state index >= 15 is 0 Å². The molecule has 8 heteroatoms. The zero-order chi connectivity index (χ0) is 23.7. The zero-order valence-electron chi connectivity index (χ0n) is 19.5. The van der Waals surface area contributed by atoms with Crippen LogP contribution in [-0.2, 0) is 11.2 Å². The quantitative estimate of drug-likeness (QED) is 0.534. The second-order valence-corrected chi connectivity index (χ2v) is 10.8. The number of hydrogen-bond acceptors (Lipinski definition) is 6. The first kappa shape index (κ1) is 23.1. The predicted molar refractivity (Wildman–Crippen MR) is 136 cm³/mol. The first-order chi connectivity index (χ1) is 16.5. The Morgan fingerprint density at radius 2 is 1.85 bits per heavy atom. The van der Waals surface area contributed by atoms with E-state index < -0.39 is 0 Å². The van der Waals surface area contributed by atoms with E-state index in [0.29, 0.717) is 26.2 Å². The number of hydrogen-bond donors (Lipinski definition) is 0. The SMILES string of the molecule is COc1ccc(C2c3ccsc3CCN2CC(=O)N2CCN(C(=O)c3cccs3)C(C)C2)cc1. The van der Waals surface area contributed by atoms with Gasteiger partial charge in [0.1, 0.15) is 5.75 Å². The van der Waals surface area contributed by atoms with Gasteiger partial charge in [-0.05, 0) is 59.5 Å². The van der Waals surface area contributed by atoms with Crippen molar-refractivity contribution >= 4 is 34.5 Å². The van der Waals surface area contributed by atoms with Gasteiger partial charge in [-0.3, -0.25) is 14.5 Å². The monoisotopic (exact) mass is 495 g/mol. The normalized spacial score (nSPS) is 20.8. The molecule has 2 unspecified atom stereocenters. The summed E-state index contributed by atoms with van der Waals surface area (Å²) in [6.07, 6.45) is 0.965. The minimum Gasteiger partial charge on any atom is -0.497 e. The van der Waals surface area contributed by atoms with Crippen LogP contribution in [0.1, 0.15) is 38.6 Å². The maximum atomic E-state index is 13.4. The van der Waals surface area contributed by atoms with Crippen LogP contribution >= 0.6 is 22.7 Å². The molecule has 0 bridgehead atoms. The summed E-state index contributed by atoms with van der Waals surface area (Å²) in [5.41, 5.74) is 2.47. The van der Waals surface area contributed by atoms with Gasteiger partial charge in [0, 0.05) is 37.1 Å². The van der Waals surface area contributed by atoms with E-state index in [1.54, 1.807) is 18.4 Å². The van der Waals surface area contributed by atoms with E-state index in [1.807, 2.05) is 46.4 Å². The molecular weight excluding hydrogens is 466 g/mol. The Balaban J connectivity index is 1.29. The first-order valence-corrected chi connectivity index (χ1v) is 13.4. The summed E-state index contributed by atoms with van der Waals surface area (Å²) in [7, 11) is 1.67. The van der Waals surface area contributed by atoms with Crippen LogP contribution in [0.2, 0.25) is 0 Å². The Kier molecular flexibility index (Phi) is 6.72. The molecule has 2 atom stereocenters. The van der Waals surface area contributed by atoms with E-state index in [9.17, 15) is 9.59 Å². The average molecular weight is 496 g/mol. The number of nitrogens with zero attached hydrogens (tertiary/aromatic N) is 3. The van der Waals surface area contributed by atoms with Crippen molar-refractivity contribution in [3.8, 4) is 5.75 Å². The third kappa shape index (κ3) is 4.50. The van der Waals surface area contributed by atoms with Gasteiger partial charge in [0.25, 0.3) is 5.91 Å². The summed E-state index contributed by atoms with van der Waals surface area (Å²) in [5.74, 6) is 1.03. The first-order valence-electron chi connectivity index (χ1n) is 11.6. The fraction of sp³-hybridized carbons (Fsp3) is 0.385. The summed E-state index contributed by atoms with van der Waals surface area (Å²) in [6, 6.07) is 14.2. The number of carbonyl (C=O) groups excluding carboxylic acids is 2. The van der Waals surface area contributed by atoms with E-state index in [0.717, 1.165) is 23.6 Å². The van der Waals surface area contributed by atoms with E-state index in [2.05, 4.69) is 28.5 Å². The summed E-state index contributed by atoms with van der Waals surface area (Å²) in [6.45, 7) is 4.97. The second kappa shape index (κ2) is 9.90. The molecule has 34 heavy (non-hydrogen) atoms. The average Bonchev–Trinajstić information content (AvgIpc) is 3.56. The van der Waals surface area contributed by atoms with Gasteiger partial charge >= 0.3 is 0 Å². The number of amides is 2. The van der Waals surface area contributed by atoms with Crippen LogP contribution in [0, 0.1) is 0 Å². The molecule has 0 N–H and O–H groups in total. The van der Waals surface area contributed by atoms with Crippen LogP contribution in [0.25, 0.3) is 0 Å². The number of carbonyl (C=O) groups is 2. The highest BCUT2D eigenvalue weighted by molar-refractivity contribution is 7.12. The number of piperazine rings is 1. The van der Waals surface area contributed by atoms with Crippen molar-refractivity contribution in [1.82, 2.24) is 14.7 Å². The molecule has 1 aromatic carbocycles. The lowest BCUT2D eigenvalue weighted by Gasteiger charge is -2.41. The van der Waals surface area contributed by atoms with E-state index in [4.69, 9.17) is 4.74 Å². The maximum Gasteiger partial charge on any atom is 0.264 e. The molecule has 4 heterocycles. The Morgan fingerprint density at radius 1 is 1.03 bits per heavy atom. The highest BCUT2D eigenvalue weighted by atomic mass is 32.1. The summed E-state index contributed by atoms with van der Waals surface area (Å²) in [5, 5.41) is 4.08. The predicted octanol–water partition coefficient (Wildman–Crippen LogP) is 4.14. The molecule has 2 aliphatic rings. The van der Waals surface area contributed by atoms with Crippen LogP contribution in [-0.4, -0.2) is 72.4 Å². The minimum absolute atomic E-state index is 0.00508. The number of ether oxygens (including phenoxy) is 1. The number of benzene rings is 1. The van der Waals surface area contributed by atoms with Crippen molar-refractivity contribution < 1.29 is 14.3 Å². The van der Waals surface area contributed by atoms with Gasteiger partial charge in [-0.1, -0.05) is 18.2 Å². The third-order valence-electron chi connectivity index (χ3n) is 6.81. The zero-order valence-corrected chi connectivity index (χ0v) is 21.1. The lowest BCUT2D eigenvalue weighted by Crippen LogP contribution is -2.57. The molecule has 0 saturated carbocycles. The van der Waals surface area contributed by atoms with Gasteiger partial charge in [-0.2, -0.15) is 0 Å². The Hall–Kier alpha value is -2.68. The fourth-order valence-corrected chi connectivity index (χ4v) is 6.60. The lowest BCUT2D eigenvalue weighted by atomic mass is 9.93. The number of thiophene rings is 2. The van der Waals surface area contributed by atoms with Gasteiger partial charge in [-0.25, -0.2) is 0 Å². The lowest BCUT2D eigenvalue weighted by molar-refractivity contribution is -0.135. The van der Waals surface area contributed by atoms with Crippen molar-refractivity contribution in [2.75, 3.05) is 39.8 Å². The highest BCUT2D eigenvalue weighted by Gasteiger charge is 2.34. The van der Waals surface area contributed by atoms with Crippen LogP contribution in [0.3, 0.4) is 0 Å². The molecule has 5 rings (SSSR count). The van der Waals surface area contributed by atoms with Crippen molar-refractivity contribution in [3.63, 3.8) is 0 Å². The van der Waals surface area contributed by atoms with Crippen molar-refractivity contribution in [3.05, 3.63) is 74.1 Å². The summed E-state index contributed by atoms with van der Waals surface area (Å²) in [4.78, 5) is 34.5. The second-order valence-electron chi connectivity index (χ2n) is 8.86. The van der Waals surface area contributed by atoms with Crippen LogP contribution in [0.4, 0.5) is 0 Å². The molecule has 1 fully saturated rings.